The lowest BCUT2D eigenvalue weighted by molar-refractivity contribution is 0.0891. The van der Waals surface area contributed by atoms with Gasteiger partial charge in [0.25, 0.3) is 11.5 Å². The Morgan fingerprint density at radius 2 is 1.71 bits per heavy atom. The van der Waals surface area contributed by atoms with Crippen LogP contribution in [0.4, 0.5) is 0 Å². The Hall–Kier alpha value is -1.78. The van der Waals surface area contributed by atoms with Crippen LogP contribution in [-0.4, -0.2) is 22.4 Å². The number of hydrogen-bond acceptors (Lipinski definition) is 3. The summed E-state index contributed by atoms with van der Waals surface area (Å²) >= 11 is 0. The first-order chi connectivity index (χ1) is 10.2. The highest BCUT2D eigenvalue weighted by molar-refractivity contribution is 5.92. The maximum atomic E-state index is 11.8. The molecule has 0 fully saturated rings. The van der Waals surface area contributed by atoms with Gasteiger partial charge >= 0.3 is 0 Å². The van der Waals surface area contributed by atoms with E-state index in [1.54, 1.807) is 0 Å². The van der Waals surface area contributed by atoms with Gasteiger partial charge in [0, 0.05) is 12.6 Å². The van der Waals surface area contributed by atoms with Crippen LogP contribution < -0.4 is 10.9 Å². The van der Waals surface area contributed by atoms with Gasteiger partial charge in [-0.1, -0.05) is 57.9 Å². The van der Waals surface area contributed by atoms with Crippen molar-refractivity contribution in [2.75, 3.05) is 6.54 Å². The first-order valence-corrected chi connectivity index (χ1v) is 7.86. The lowest BCUT2D eigenvalue weighted by atomic mass is 10.1. The first kappa shape index (κ1) is 17.3. The maximum Gasteiger partial charge on any atom is 0.283 e. The Morgan fingerprint density at radius 3 is 2.38 bits per heavy atom. The van der Waals surface area contributed by atoms with E-state index in [-0.39, 0.29) is 5.69 Å². The molecule has 0 spiro atoms. The SMILES string of the molecule is CCCCCCCCCCNC(=O)c1cccc(=O)n1O. The highest BCUT2D eigenvalue weighted by Gasteiger charge is 2.10. The summed E-state index contributed by atoms with van der Waals surface area (Å²) < 4.78 is 0.378. The molecule has 1 aromatic rings. The van der Waals surface area contributed by atoms with E-state index in [0.29, 0.717) is 11.3 Å². The number of pyridine rings is 1. The topological polar surface area (TPSA) is 71.3 Å². The van der Waals surface area contributed by atoms with E-state index >= 15 is 0 Å². The van der Waals surface area contributed by atoms with E-state index < -0.39 is 11.5 Å². The number of nitrogens with zero attached hydrogens (tertiary/aromatic N) is 1. The van der Waals surface area contributed by atoms with Gasteiger partial charge in [-0.3, -0.25) is 9.59 Å². The fourth-order valence-corrected chi connectivity index (χ4v) is 2.20. The molecule has 5 heteroatoms. The summed E-state index contributed by atoms with van der Waals surface area (Å²) in [4.78, 5) is 23.0. The molecule has 1 rings (SSSR count). The zero-order valence-electron chi connectivity index (χ0n) is 12.8. The monoisotopic (exact) mass is 294 g/mol. The van der Waals surface area contributed by atoms with Crippen LogP contribution in [0.3, 0.4) is 0 Å². The number of unbranched alkanes of at least 4 members (excludes halogenated alkanes) is 7. The number of rotatable bonds is 10. The van der Waals surface area contributed by atoms with Crippen molar-refractivity contribution in [1.82, 2.24) is 10.0 Å². The van der Waals surface area contributed by atoms with Crippen molar-refractivity contribution in [3.05, 3.63) is 34.2 Å². The lowest BCUT2D eigenvalue weighted by Crippen LogP contribution is -2.31. The molecule has 0 bridgehead atoms. The Balaban J connectivity index is 2.14. The molecule has 0 atom stereocenters. The molecule has 0 aromatic carbocycles. The van der Waals surface area contributed by atoms with Gasteiger partial charge in [0.15, 0.2) is 0 Å². The van der Waals surface area contributed by atoms with Gasteiger partial charge in [-0.05, 0) is 12.5 Å². The second-order valence-electron chi connectivity index (χ2n) is 5.29. The molecule has 118 valence electrons. The number of carbonyl (C=O) groups excluding carboxylic acids is 1. The molecule has 1 amide bonds. The number of hydrogen-bond donors (Lipinski definition) is 2. The van der Waals surface area contributed by atoms with E-state index in [1.807, 2.05) is 0 Å². The van der Waals surface area contributed by atoms with Crippen LogP contribution in [0, 0.1) is 0 Å². The van der Waals surface area contributed by atoms with Crippen molar-refractivity contribution in [2.24, 2.45) is 0 Å². The Morgan fingerprint density at radius 1 is 1.10 bits per heavy atom. The lowest BCUT2D eigenvalue weighted by Gasteiger charge is -2.07. The molecule has 21 heavy (non-hydrogen) atoms. The fourth-order valence-electron chi connectivity index (χ4n) is 2.20. The van der Waals surface area contributed by atoms with E-state index in [1.165, 1.54) is 56.7 Å². The van der Waals surface area contributed by atoms with Gasteiger partial charge in [-0.25, -0.2) is 0 Å². The fraction of sp³-hybridized carbons (Fsp3) is 0.625. The summed E-state index contributed by atoms with van der Waals surface area (Å²) in [7, 11) is 0. The predicted molar refractivity (Wildman–Crippen MR) is 82.8 cm³/mol. The zero-order chi connectivity index (χ0) is 15.5. The summed E-state index contributed by atoms with van der Waals surface area (Å²) in [5, 5.41) is 12.2. The van der Waals surface area contributed by atoms with Crippen molar-refractivity contribution in [1.29, 1.82) is 0 Å². The Kier molecular flexibility index (Phi) is 8.24. The van der Waals surface area contributed by atoms with Crippen molar-refractivity contribution in [2.45, 2.75) is 58.3 Å². The summed E-state index contributed by atoms with van der Waals surface area (Å²) in [5.41, 5.74) is -0.628. The molecule has 2 N–H and O–H groups in total. The van der Waals surface area contributed by atoms with Gasteiger partial charge in [-0.15, -0.1) is 4.73 Å². The van der Waals surface area contributed by atoms with Crippen LogP contribution in [0.2, 0.25) is 0 Å². The normalized spacial score (nSPS) is 10.5. The third-order valence-corrected chi connectivity index (χ3v) is 3.48. The molecule has 1 aromatic heterocycles. The Bertz CT molecular complexity index is 483. The van der Waals surface area contributed by atoms with Crippen molar-refractivity contribution < 1.29 is 10.0 Å². The molecule has 0 saturated carbocycles. The average molecular weight is 294 g/mol. The third kappa shape index (κ3) is 6.47. The van der Waals surface area contributed by atoms with E-state index in [4.69, 9.17) is 0 Å². The molecular weight excluding hydrogens is 268 g/mol. The van der Waals surface area contributed by atoms with Crippen LogP contribution >= 0.6 is 0 Å². The third-order valence-electron chi connectivity index (χ3n) is 3.48. The summed E-state index contributed by atoms with van der Waals surface area (Å²) in [6, 6.07) is 4.08. The number of nitrogens with one attached hydrogen (secondary N) is 1. The van der Waals surface area contributed by atoms with Crippen molar-refractivity contribution in [3.8, 4) is 0 Å². The first-order valence-electron chi connectivity index (χ1n) is 7.86. The molecule has 0 aliphatic carbocycles. The van der Waals surface area contributed by atoms with E-state index in [0.717, 1.165) is 12.8 Å². The van der Waals surface area contributed by atoms with Gasteiger partial charge in [0.2, 0.25) is 0 Å². The van der Waals surface area contributed by atoms with Crippen molar-refractivity contribution >= 4 is 5.91 Å². The van der Waals surface area contributed by atoms with Crippen molar-refractivity contribution in [3.63, 3.8) is 0 Å². The molecular formula is C16H26N2O3. The molecule has 0 saturated heterocycles. The van der Waals surface area contributed by atoms with Crippen LogP contribution in [0.15, 0.2) is 23.0 Å². The van der Waals surface area contributed by atoms with Gasteiger partial charge in [-0.2, -0.15) is 0 Å². The van der Waals surface area contributed by atoms with Gasteiger partial charge in [0.1, 0.15) is 5.69 Å². The smallest absolute Gasteiger partial charge is 0.283 e. The zero-order valence-corrected chi connectivity index (χ0v) is 12.8. The highest BCUT2D eigenvalue weighted by Crippen LogP contribution is 2.07. The highest BCUT2D eigenvalue weighted by atomic mass is 16.5. The second-order valence-corrected chi connectivity index (χ2v) is 5.29. The minimum absolute atomic E-state index is 0.0259. The molecule has 0 aliphatic heterocycles. The van der Waals surface area contributed by atoms with Crippen LogP contribution in [0.5, 0.6) is 0 Å². The second kappa shape index (κ2) is 10.0. The predicted octanol–water partition coefficient (Wildman–Crippen LogP) is 2.96. The number of amides is 1. The number of aromatic nitrogens is 1. The van der Waals surface area contributed by atoms with Crippen LogP contribution in [0.25, 0.3) is 0 Å². The van der Waals surface area contributed by atoms with Crippen LogP contribution in [-0.2, 0) is 0 Å². The number of carbonyl (C=O) groups is 1. The van der Waals surface area contributed by atoms with E-state index in [2.05, 4.69) is 12.2 Å². The molecule has 1 heterocycles. The maximum absolute atomic E-state index is 11.8. The minimum Gasteiger partial charge on any atom is -0.425 e. The molecule has 0 unspecified atom stereocenters. The summed E-state index contributed by atoms with van der Waals surface area (Å²) in [6.07, 6.45) is 9.64. The average Bonchev–Trinajstić information content (AvgIpc) is 2.48. The largest absolute Gasteiger partial charge is 0.425 e. The minimum atomic E-state index is -0.602. The van der Waals surface area contributed by atoms with Gasteiger partial charge < -0.3 is 10.5 Å². The van der Waals surface area contributed by atoms with E-state index in [9.17, 15) is 14.8 Å². The quantitative estimate of drug-likeness (QED) is 0.515. The summed E-state index contributed by atoms with van der Waals surface area (Å²) in [6.45, 7) is 2.78. The molecule has 0 radical (unpaired) electrons. The molecule has 5 nitrogen and oxygen atoms in total. The van der Waals surface area contributed by atoms with Gasteiger partial charge in [0.05, 0.1) is 0 Å². The Labute approximate surface area is 125 Å². The standard InChI is InChI=1S/C16H26N2O3/c1-2-3-4-5-6-7-8-9-13-17-16(20)14-11-10-12-15(19)18(14)21/h10-12,21H,2-9,13H2,1H3,(H,17,20). The summed E-state index contributed by atoms with van der Waals surface area (Å²) in [5.74, 6) is -0.418. The van der Waals surface area contributed by atoms with Crippen LogP contribution in [0.1, 0.15) is 68.8 Å². The molecule has 0 aliphatic rings.